The third-order valence-electron chi connectivity index (χ3n) is 2.53. The quantitative estimate of drug-likeness (QED) is 0.888. The summed E-state index contributed by atoms with van der Waals surface area (Å²) in [5.74, 6) is -0.466. The Morgan fingerprint density at radius 3 is 2.47 bits per heavy atom. The number of halogens is 2. The molecule has 1 unspecified atom stereocenters. The number of anilines is 1. The van der Waals surface area contributed by atoms with Gasteiger partial charge in [0, 0.05) is 11.2 Å². The van der Waals surface area contributed by atoms with Crippen LogP contribution in [-0.2, 0) is 4.79 Å². The number of carbonyl (C=O) groups excluding carboxylic acids is 1. The maximum Gasteiger partial charge on any atom is 0.242 e. The predicted octanol–water partition coefficient (Wildman–Crippen LogP) is 3.61. The first-order valence-corrected chi connectivity index (χ1v) is 6.93. The van der Waals surface area contributed by atoms with E-state index in [0.717, 1.165) is 5.56 Å². The summed E-state index contributed by atoms with van der Waals surface area (Å²) in [4.78, 5) is 11.9. The summed E-state index contributed by atoms with van der Waals surface area (Å²) in [5, 5.41) is 5.91. The zero-order valence-corrected chi connectivity index (χ0v) is 13.5. The molecule has 19 heavy (non-hydrogen) atoms. The molecule has 1 rings (SSSR count). The lowest BCUT2D eigenvalue weighted by Crippen LogP contribution is -2.47. The molecular formula is C14H20BrFN2O. The maximum atomic E-state index is 13.5. The molecule has 0 aromatic heterocycles. The first-order valence-electron chi connectivity index (χ1n) is 6.14. The minimum Gasteiger partial charge on any atom is -0.374 e. The van der Waals surface area contributed by atoms with Gasteiger partial charge in [-0.2, -0.15) is 0 Å². The van der Waals surface area contributed by atoms with Crippen LogP contribution < -0.4 is 10.6 Å². The molecule has 1 amide bonds. The number of aryl methyl sites for hydroxylation is 1. The average molecular weight is 331 g/mol. The first-order chi connectivity index (χ1) is 8.60. The van der Waals surface area contributed by atoms with Crippen molar-refractivity contribution in [2.24, 2.45) is 0 Å². The van der Waals surface area contributed by atoms with Crippen LogP contribution in [0.15, 0.2) is 16.6 Å². The number of benzene rings is 1. The minimum atomic E-state index is -0.432. The van der Waals surface area contributed by atoms with Gasteiger partial charge in [-0.25, -0.2) is 4.39 Å². The summed E-state index contributed by atoms with van der Waals surface area (Å²) in [5.41, 5.74) is 1.22. The molecule has 0 radical (unpaired) electrons. The summed E-state index contributed by atoms with van der Waals surface area (Å²) < 4.78 is 13.9. The van der Waals surface area contributed by atoms with Gasteiger partial charge in [-0.05, 0) is 68.2 Å². The van der Waals surface area contributed by atoms with E-state index in [0.29, 0.717) is 10.2 Å². The fourth-order valence-corrected chi connectivity index (χ4v) is 2.04. The molecule has 0 spiro atoms. The van der Waals surface area contributed by atoms with Crippen LogP contribution in [0, 0.1) is 12.7 Å². The summed E-state index contributed by atoms with van der Waals surface area (Å²) >= 11 is 3.13. The SMILES string of the molecule is Cc1cc(Br)c(F)cc1NC(C)C(=O)NC(C)(C)C. The van der Waals surface area contributed by atoms with E-state index in [4.69, 9.17) is 0 Å². The number of carbonyl (C=O) groups is 1. The third-order valence-corrected chi connectivity index (χ3v) is 3.14. The largest absolute Gasteiger partial charge is 0.374 e. The molecule has 0 aliphatic rings. The van der Waals surface area contributed by atoms with Gasteiger partial charge in [-0.15, -0.1) is 0 Å². The van der Waals surface area contributed by atoms with Gasteiger partial charge in [-0.3, -0.25) is 4.79 Å². The highest BCUT2D eigenvalue weighted by Crippen LogP contribution is 2.24. The molecule has 0 aliphatic carbocycles. The second-order valence-corrected chi connectivity index (χ2v) is 6.54. The van der Waals surface area contributed by atoms with Gasteiger partial charge in [-0.1, -0.05) is 0 Å². The predicted molar refractivity (Wildman–Crippen MR) is 79.8 cm³/mol. The smallest absolute Gasteiger partial charge is 0.242 e. The summed E-state index contributed by atoms with van der Waals surface area (Å²) in [6, 6.07) is 2.64. The molecule has 0 fully saturated rings. The maximum absolute atomic E-state index is 13.5. The van der Waals surface area contributed by atoms with Crippen molar-refractivity contribution in [2.75, 3.05) is 5.32 Å². The van der Waals surface area contributed by atoms with Gasteiger partial charge < -0.3 is 10.6 Å². The standard InChI is InChI=1S/C14H20BrFN2O/c1-8-6-10(15)11(16)7-12(8)17-9(2)13(19)18-14(3,4)5/h6-7,9,17H,1-5H3,(H,18,19). The van der Waals surface area contributed by atoms with Gasteiger partial charge in [0.15, 0.2) is 0 Å². The van der Waals surface area contributed by atoms with Crippen molar-refractivity contribution in [3.63, 3.8) is 0 Å². The van der Waals surface area contributed by atoms with Gasteiger partial charge in [0.25, 0.3) is 0 Å². The lowest BCUT2D eigenvalue weighted by atomic mass is 10.1. The van der Waals surface area contributed by atoms with E-state index in [1.165, 1.54) is 6.07 Å². The molecule has 0 aliphatic heterocycles. The van der Waals surface area contributed by atoms with E-state index in [-0.39, 0.29) is 17.3 Å². The normalized spacial score (nSPS) is 13.0. The monoisotopic (exact) mass is 330 g/mol. The highest BCUT2D eigenvalue weighted by Gasteiger charge is 2.19. The molecule has 2 N–H and O–H groups in total. The number of hydrogen-bond donors (Lipinski definition) is 2. The van der Waals surface area contributed by atoms with Crippen molar-refractivity contribution in [3.8, 4) is 0 Å². The van der Waals surface area contributed by atoms with Crippen LogP contribution in [-0.4, -0.2) is 17.5 Å². The highest BCUT2D eigenvalue weighted by atomic mass is 79.9. The van der Waals surface area contributed by atoms with E-state index in [1.54, 1.807) is 13.0 Å². The second kappa shape index (κ2) is 5.90. The second-order valence-electron chi connectivity index (χ2n) is 5.69. The van der Waals surface area contributed by atoms with E-state index in [1.807, 2.05) is 27.7 Å². The van der Waals surface area contributed by atoms with Gasteiger partial charge in [0.05, 0.1) is 4.47 Å². The number of rotatable bonds is 3. The Kier molecular flexibility index (Phi) is 4.96. The van der Waals surface area contributed by atoms with Crippen LogP contribution >= 0.6 is 15.9 Å². The van der Waals surface area contributed by atoms with Gasteiger partial charge >= 0.3 is 0 Å². The Hall–Kier alpha value is -1.10. The first kappa shape index (κ1) is 16.0. The van der Waals surface area contributed by atoms with Crippen molar-refractivity contribution >= 4 is 27.5 Å². The van der Waals surface area contributed by atoms with Crippen LogP contribution in [0.3, 0.4) is 0 Å². The minimum absolute atomic E-state index is 0.116. The van der Waals surface area contributed by atoms with E-state index in [2.05, 4.69) is 26.6 Å². The van der Waals surface area contributed by atoms with Crippen molar-refractivity contribution in [3.05, 3.63) is 28.0 Å². The van der Waals surface area contributed by atoms with E-state index >= 15 is 0 Å². The molecule has 0 saturated carbocycles. The van der Waals surface area contributed by atoms with Crippen LogP contribution in [0.1, 0.15) is 33.3 Å². The summed E-state index contributed by atoms with van der Waals surface area (Å²) in [7, 11) is 0. The molecule has 0 saturated heterocycles. The highest BCUT2D eigenvalue weighted by molar-refractivity contribution is 9.10. The molecule has 0 heterocycles. The Labute approximate surface area is 122 Å². The number of nitrogens with one attached hydrogen (secondary N) is 2. The molecule has 0 bridgehead atoms. The van der Waals surface area contributed by atoms with Crippen molar-refractivity contribution in [1.82, 2.24) is 5.32 Å². The van der Waals surface area contributed by atoms with Crippen molar-refractivity contribution < 1.29 is 9.18 Å². The molecule has 106 valence electrons. The van der Waals surface area contributed by atoms with Gasteiger partial charge in [0.2, 0.25) is 5.91 Å². The zero-order chi connectivity index (χ0) is 14.8. The fourth-order valence-electron chi connectivity index (χ4n) is 1.58. The molecular weight excluding hydrogens is 311 g/mol. The lowest BCUT2D eigenvalue weighted by Gasteiger charge is -2.24. The Morgan fingerprint density at radius 1 is 1.37 bits per heavy atom. The Morgan fingerprint density at radius 2 is 1.95 bits per heavy atom. The fraction of sp³-hybridized carbons (Fsp3) is 0.500. The van der Waals surface area contributed by atoms with Crippen molar-refractivity contribution in [1.29, 1.82) is 0 Å². The van der Waals surface area contributed by atoms with Crippen molar-refractivity contribution in [2.45, 2.75) is 46.2 Å². The summed E-state index contributed by atoms with van der Waals surface area (Å²) in [6.45, 7) is 9.37. The number of amides is 1. The molecule has 3 nitrogen and oxygen atoms in total. The number of hydrogen-bond acceptors (Lipinski definition) is 2. The molecule has 1 atom stereocenters. The van der Waals surface area contributed by atoms with Crippen LogP contribution in [0.4, 0.5) is 10.1 Å². The average Bonchev–Trinajstić information content (AvgIpc) is 2.23. The molecule has 1 aromatic carbocycles. The Bertz CT molecular complexity index is 483. The van der Waals surface area contributed by atoms with Crippen LogP contribution in [0.2, 0.25) is 0 Å². The summed E-state index contributed by atoms with van der Waals surface area (Å²) in [6.07, 6.45) is 0. The lowest BCUT2D eigenvalue weighted by molar-refractivity contribution is -0.122. The zero-order valence-electron chi connectivity index (χ0n) is 11.9. The van der Waals surface area contributed by atoms with Gasteiger partial charge in [0.1, 0.15) is 11.9 Å². The Balaban J connectivity index is 2.80. The molecule has 5 heteroatoms. The molecule has 1 aromatic rings. The topological polar surface area (TPSA) is 41.1 Å². The van der Waals surface area contributed by atoms with E-state index < -0.39 is 6.04 Å². The van der Waals surface area contributed by atoms with Crippen LogP contribution in [0.25, 0.3) is 0 Å². The third kappa shape index (κ3) is 4.82. The van der Waals surface area contributed by atoms with E-state index in [9.17, 15) is 9.18 Å². The van der Waals surface area contributed by atoms with Crippen LogP contribution in [0.5, 0.6) is 0 Å².